The molecule has 19 heavy (non-hydrogen) atoms. The standard InChI is InChI=1S/C11H13F2NO4S/c1-7-9(19(16,17)4-3-10(12)13)5-8(6-14-7)11(15)18-2/h5-6,10H,3-4H2,1-2H3. The van der Waals surface area contributed by atoms with Gasteiger partial charge >= 0.3 is 5.97 Å². The van der Waals surface area contributed by atoms with Crippen LogP contribution in [0.15, 0.2) is 17.2 Å². The van der Waals surface area contributed by atoms with Crippen molar-refractivity contribution in [2.24, 2.45) is 0 Å². The minimum absolute atomic E-state index is 0.0382. The van der Waals surface area contributed by atoms with Gasteiger partial charge in [0.05, 0.1) is 29.0 Å². The van der Waals surface area contributed by atoms with E-state index in [-0.39, 0.29) is 16.2 Å². The molecule has 0 aliphatic heterocycles. The number of ether oxygens (including phenoxy) is 1. The van der Waals surface area contributed by atoms with Gasteiger partial charge in [-0.05, 0) is 13.0 Å². The summed E-state index contributed by atoms with van der Waals surface area (Å²) >= 11 is 0. The Labute approximate surface area is 109 Å². The Hall–Kier alpha value is -1.57. The molecule has 0 amide bonds. The molecule has 0 radical (unpaired) electrons. The third-order valence-corrected chi connectivity index (χ3v) is 4.26. The minimum Gasteiger partial charge on any atom is -0.465 e. The first-order valence-corrected chi connectivity index (χ1v) is 6.99. The van der Waals surface area contributed by atoms with Crippen LogP contribution in [0.3, 0.4) is 0 Å². The van der Waals surface area contributed by atoms with Gasteiger partial charge in [-0.1, -0.05) is 0 Å². The summed E-state index contributed by atoms with van der Waals surface area (Å²) in [7, 11) is -2.75. The molecular weight excluding hydrogens is 280 g/mol. The first-order chi connectivity index (χ1) is 8.77. The Morgan fingerprint density at radius 1 is 1.47 bits per heavy atom. The average Bonchev–Trinajstić information content (AvgIpc) is 2.36. The number of hydrogen-bond donors (Lipinski definition) is 0. The van der Waals surface area contributed by atoms with Gasteiger partial charge in [0.1, 0.15) is 0 Å². The van der Waals surface area contributed by atoms with E-state index in [4.69, 9.17) is 0 Å². The largest absolute Gasteiger partial charge is 0.465 e. The second-order valence-corrected chi connectivity index (χ2v) is 5.88. The number of pyridine rings is 1. The number of sulfone groups is 1. The van der Waals surface area contributed by atoms with Gasteiger partial charge in [0.25, 0.3) is 0 Å². The van der Waals surface area contributed by atoms with Crippen molar-refractivity contribution in [2.45, 2.75) is 24.7 Å². The summed E-state index contributed by atoms with van der Waals surface area (Å²) in [6.07, 6.45) is -2.29. The van der Waals surface area contributed by atoms with E-state index in [0.717, 1.165) is 13.2 Å². The number of esters is 1. The summed E-state index contributed by atoms with van der Waals surface area (Å²) in [5.74, 6) is -1.43. The molecule has 0 bridgehead atoms. The number of methoxy groups -OCH3 is 1. The number of aryl methyl sites for hydroxylation is 1. The SMILES string of the molecule is COC(=O)c1cnc(C)c(S(=O)(=O)CCC(F)F)c1. The lowest BCUT2D eigenvalue weighted by atomic mass is 10.2. The molecule has 5 nitrogen and oxygen atoms in total. The quantitative estimate of drug-likeness (QED) is 0.771. The summed E-state index contributed by atoms with van der Waals surface area (Å²) in [6.45, 7) is 1.43. The molecule has 1 rings (SSSR count). The van der Waals surface area contributed by atoms with Crippen LogP contribution in [0, 0.1) is 6.92 Å². The number of hydrogen-bond acceptors (Lipinski definition) is 5. The number of halogens is 2. The van der Waals surface area contributed by atoms with Crippen molar-refractivity contribution < 1.29 is 26.7 Å². The predicted octanol–water partition coefficient (Wildman–Crippen LogP) is 1.61. The maximum atomic E-state index is 12.1. The van der Waals surface area contributed by atoms with E-state index in [2.05, 4.69) is 9.72 Å². The number of aromatic nitrogens is 1. The smallest absolute Gasteiger partial charge is 0.339 e. The van der Waals surface area contributed by atoms with Crippen LogP contribution in [0.2, 0.25) is 0 Å². The minimum atomic E-state index is -3.90. The van der Waals surface area contributed by atoms with Gasteiger partial charge < -0.3 is 4.74 Å². The lowest BCUT2D eigenvalue weighted by molar-refractivity contribution is 0.0600. The van der Waals surface area contributed by atoms with E-state index in [0.29, 0.717) is 0 Å². The normalized spacial score (nSPS) is 11.6. The molecule has 8 heteroatoms. The molecule has 0 fully saturated rings. The second-order valence-electron chi connectivity index (χ2n) is 3.80. The summed E-state index contributed by atoms with van der Waals surface area (Å²) in [5, 5.41) is 0. The first kappa shape index (κ1) is 15.5. The van der Waals surface area contributed by atoms with E-state index < -0.39 is 34.4 Å². The Morgan fingerprint density at radius 3 is 2.63 bits per heavy atom. The van der Waals surface area contributed by atoms with Crippen molar-refractivity contribution in [2.75, 3.05) is 12.9 Å². The van der Waals surface area contributed by atoms with Crippen LogP contribution < -0.4 is 0 Å². The summed E-state index contributed by atoms with van der Waals surface area (Å²) in [6, 6.07) is 1.09. The highest BCUT2D eigenvalue weighted by molar-refractivity contribution is 7.91. The van der Waals surface area contributed by atoms with Gasteiger partial charge in [0.15, 0.2) is 9.84 Å². The van der Waals surface area contributed by atoms with Gasteiger partial charge in [-0.25, -0.2) is 22.0 Å². The maximum Gasteiger partial charge on any atom is 0.339 e. The summed E-state index contributed by atoms with van der Waals surface area (Å²) < 4.78 is 52.4. The van der Waals surface area contributed by atoms with Crippen LogP contribution in [0.25, 0.3) is 0 Å². The molecule has 0 aliphatic carbocycles. The van der Waals surface area contributed by atoms with E-state index >= 15 is 0 Å². The molecule has 0 N–H and O–H groups in total. The molecule has 0 saturated heterocycles. The van der Waals surface area contributed by atoms with Gasteiger partial charge in [0, 0.05) is 12.6 Å². The fourth-order valence-electron chi connectivity index (χ4n) is 1.41. The highest BCUT2D eigenvalue weighted by Gasteiger charge is 2.22. The Morgan fingerprint density at radius 2 is 2.11 bits per heavy atom. The molecule has 0 spiro atoms. The van der Waals surface area contributed by atoms with Crippen LogP contribution >= 0.6 is 0 Å². The van der Waals surface area contributed by atoms with Crippen LogP contribution in [0.4, 0.5) is 8.78 Å². The first-order valence-electron chi connectivity index (χ1n) is 5.34. The van der Waals surface area contributed by atoms with E-state index in [1.165, 1.54) is 13.1 Å². The van der Waals surface area contributed by atoms with Crippen LogP contribution in [0.5, 0.6) is 0 Å². The molecule has 0 atom stereocenters. The number of carbonyl (C=O) groups excluding carboxylic acids is 1. The average molecular weight is 293 g/mol. The van der Waals surface area contributed by atoms with Gasteiger partial charge in [0.2, 0.25) is 6.43 Å². The zero-order valence-corrected chi connectivity index (χ0v) is 11.2. The fourth-order valence-corrected chi connectivity index (χ4v) is 2.93. The summed E-state index contributed by atoms with van der Waals surface area (Å²) in [4.78, 5) is 14.8. The third-order valence-electron chi connectivity index (χ3n) is 2.40. The highest BCUT2D eigenvalue weighted by Crippen LogP contribution is 2.18. The molecule has 1 aromatic rings. The van der Waals surface area contributed by atoms with E-state index in [1.807, 2.05) is 0 Å². The molecule has 0 aliphatic rings. The molecular formula is C11H13F2NO4S. The molecule has 0 saturated carbocycles. The van der Waals surface area contributed by atoms with Gasteiger partial charge in [-0.3, -0.25) is 4.98 Å². The Kier molecular flexibility index (Phi) is 4.93. The van der Waals surface area contributed by atoms with Crippen molar-refractivity contribution >= 4 is 15.8 Å². The Balaban J connectivity index is 3.15. The van der Waals surface area contributed by atoms with Crippen molar-refractivity contribution in [3.63, 3.8) is 0 Å². The predicted molar refractivity (Wildman–Crippen MR) is 63.0 cm³/mol. The van der Waals surface area contributed by atoms with Crippen molar-refractivity contribution in [1.29, 1.82) is 0 Å². The number of carbonyl (C=O) groups is 1. The fraction of sp³-hybridized carbons (Fsp3) is 0.455. The summed E-state index contributed by atoms with van der Waals surface area (Å²) in [5.41, 5.74) is 0.116. The van der Waals surface area contributed by atoms with Crippen molar-refractivity contribution in [3.05, 3.63) is 23.5 Å². The number of nitrogens with zero attached hydrogens (tertiary/aromatic N) is 1. The van der Waals surface area contributed by atoms with Crippen LogP contribution in [-0.2, 0) is 14.6 Å². The number of alkyl halides is 2. The highest BCUT2D eigenvalue weighted by atomic mass is 32.2. The molecule has 0 aromatic carbocycles. The van der Waals surface area contributed by atoms with Crippen LogP contribution in [0.1, 0.15) is 22.5 Å². The maximum absolute atomic E-state index is 12.1. The van der Waals surface area contributed by atoms with Gasteiger partial charge in [-0.15, -0.1) is 0 Å². The zero-order chi connectivity index (χ0) is 14.6. The topological polar surface area (TPSA) is 73.3 Å². The van der Waals surface area contributed by atoms with Gasteiger partial charge in [-0.2, -0.15) is 0 Å². The third kappa shape index (κ3) is 3.95. The second kappa shape index (κ2) is 6.05. The molecule has 1 heterocycles. The Bertz CT molecular complexity index is 572. The van der Waals surface area contributed by atoms with Crippen LogP contribution in [-0.4, -0.2) is 38.7 Å². The monoisotopic (exact) mass is 293 g/mol. The molecule has 1 aromatic heterocycles. The lowest BCUT2D eigenvalue weighted by Gasteiger charge is -2.08. The zero-order valence-electron chi connectivity index (χ0n) is 10.4. The van der Waals surface area contributed by atoms with E-state index in [1.54, 1.807) is 0 Å². The van der Waals surface area contributed by atoms with E-state index in [9.17, 15) is 22.0 Å². The van der Waals surface area contributed by atoms with Crippen molar-refractivity contribution in [3.8, 4) is 0 Å². The lowest BCUT2D eigenvalue weighted by Crippen LogP contribution is -2.13. The molecule has 0 unspecified atom stereocenters. The number of rotatable bonds is 5. The molecule has 106 valence electrons. The van der Waals surface area contributed by atoms with Crippen molar-refractivity contribution in [1.82, 2.24) is 4.98 Å².